The third kappa shape index (κ3) is 3.04. The number of hydrogen-bond acceptors (Lipinski definition) is 4. The molecule has 1 atom stereocenters. The zero-order chi connectivity index (χ0) is 11.3. The van der Waals surface area contributed by atoms with Crippen LogP contribution in [0.2, 0.25) is 0 Å². The van der Waals surface area contributed by atoms with Gasteiger partial charge in [-0.2, -0.15) is 9.98 Å². The Morgan fingerprint density at radius 1 is 1.73 bits per heavy atom. The van der Waals surface area contributed by atoms with E-state index in [1.807, 2.05) is 13.0 Å². The number of hydrogen-bond donors (Lipinski definition) is 2. The van der Waals surface area contributed by atoms with E-state index in [0.29, 0.717) is 6.42 Å². The molecule has 0 spiro atoms. The van der Waals surface area contributed by atoms with Gasteiger partial charge in [-0.15, -0.1) is 0 Å². The first kappa shape index (κ1) is 11.7. The van der Waals surface area contributed by atoms with Gasteiger partial charge in [-0.1, -0.05) is 13.3 Å². The summed E-state index contributed by atoms with van der Waals surface area (Å²) in [5, 5.41) is 8.69. The number of rotatable bonds is 5. The number of sulfonamides is 1. The Labute approximate surface area is 88.4 Å². The zero-order valence-corrected chi connectivity index (χ0v) is 9.08. The first-order valence-corrected chi connectivity index (χ1v) is 5.98. The van der Waals surface area contributed by atoms with Crippen LogP contribution in [0.3, 0.4) is 0 Å². The molecule has 0 amide bonds. The molecule has 0 aliphatic rings. The third-order valence-corrected chi connectivity index (χ3v) is 3.19. The van der Waals surface area contributed by atoms with Gasteiger partial charge in [0.25, 0.3) is 10.0 Å². The lowest BCUT2D eigenvalue weighted by Gasteiger charge is -2.09. The van der Waals surface area contributed by atoms with Gasteiger partial charge in [-0.25, -0.2) is 13.4 Å². The Bertz CT molecular complexity index is 432. The lowest BCUT2D eigenvalue weighted by molar-refractivity contribution is 0.560. The monoisotopic (exact) mass is 228 g/mol. The second-order valence-corrected chi connectivity index (χ2v) is 4.69. The molecule has 82 valence electrons. The molecule has 0 aliphatic heterocycles. The van der Waals surface area contributed by atoms with E-state index < -0.39 is 16.1 Å². The summed E-state index contributed by atoms with van der Waals surface area (Å²) in [4.78, 5) is 6.09. The minimum absolute atomic E-state index is 0.0288. The average Bonchev–Trinajstić information content (AvgIpc) is 2.70. The molecule has 2 N–H and O–H groups in total. The zero-order valence-electron chi connectivity index (χ0n) is 8.27. The molecule has 0 radical (unpaired) electrons. The van der Waals surface area contributed by atoms with Crippen molar-refractivity contribution in [2.45, 2.75) is 30.8 Å². The fourth-order valence-electron chi connectivity index (χ4n) is 1.08. The van der Waals surface area contributed by atoms with Crippen molar-refractivity contribution in [3.8, 4) is 6.07 Å². The van der Waals surface area contributed by atoms with Gasteiger partial charge >= 0.3 is 0 Å². The highest BCUT2D eigenvalue weighted by atomic mass is 32.2. The Morgan fingerprint density at radius 2 is 2.47 bits per heavy atom. The van der Waals surface area contributed by atoms with Gasteiger partial charge in [0.05, 0.1) is 18.6 Å². The molecule has 0 aliphatic carbocycles. The third-order valence-electron chi connectivity index (χ3n) is 1.79. The predicted octanol–water partition coefficient (Wildman–Crippen LogP) is 0.380. The number of imidazole rings is 1. The quantitative estimate of drug-likeness (QED) is 0.761. The molecular formula is C8H12N4O2S. The highest BCUT2D eigenvalue weighted by Gasteiger charge is 2.20. The fraction of sp³-hybridized carbons (Fsp3) is 0.500. The first-order chi connectivity index (χ1) is 7.10. The van der Waals surface area contributed by atoms with Gasteiger partial charge in [0.1, 0.15) is 6.04 Å². The second kappa shape index (κ2) is 4.91. The van der Waals surface area contributed by atoms with Gasteiger partial charge in [0.15, 0.2) is 5.03 Å². The van der Waals surface area contributed by atoms with Gasteiger partial charge in [0.2, 0.25) is 0 Å². The molecule has 1 aromatic heterocycles. The maximum atomic E-state index is 11.6. The van der Waals surface area contributed by atoms with Gasteiger partial charge in [-0.3, -0.25) is 0 Å². The summed E-state index contributed by atoms with van der Waals surface area (Å²) >= 11 is 0. The summed E-state index contributed by atoms with van der Waals surface area (Å²) < 4.78 is 25.5. The molecule has 6 nitrogen and oxygen atoms in total. The van der Waals surface area contributed by atoms with Crippen molar-refractivity contribution in [3.05, 3.63) is 12.5 Å². The van der Waals surface area contributed by atoms with E-state index in [-0.39, 0.29) is 5.03 Å². The van der Waals surface area contributed by atoms with Crippen LogP contribution in [-0.2, 0) is 10.0 Å². The first-order valence-electron chi connectivity index (χ1n) is 4.50. The van der Waals surface area contributed by atoms with Crippen LogP contribution in [0.4, 0.5) is 0 Å². The molecule has 0 aromatic carbocycles. The van der Waals surface area contributed by atoms with Crippen molar-refractivity contribution in [2.24, 2.45) is 0 Å². The van der Waals surface area contributed by atoms with Crippen molar-refractivity contribution in [1.82, 2.24) is 14.7 Å². The Hall–Kier alpha value is -1.39. The van der Waals surface area contributed by atoms with Crippen LogP contribution in [-0.4, -0.2) is 24.4 Å². The standard InChI is InChI=1S/C8H12N4O2S/c1-2-3-7(4-9)12-15(13,14)8-5-10-6-11-8/h5-7,12H,2-3H2,1H3,(H,10,11). The van der Waals surface area contributed by atoms with E-state index in [9.17, 15) is 8.42 Å². The molecule has 15 heavy (non-hydrogen) atoms. The van der Waals surface area contributed by atoms with Gasteiger partial charge in [-0.05, 0) is 6.42 Å². The van der Waals surface area contributed by atoms with Gasteiger partial charge in [0, 0.05) is 0 Å². The smallest absolute Gasteiger partial charge is 0.258 e. The Balaban J connectivity index is 2.77. The van der Waals surface area contributed by atoms with Crippen molar-refractivity contribution in [1.29, 1.82) is 5.26 Å². The highest BCUT2D eigenvalue weighted by molar-refractivity contribution is 7.89. The molecule has 0 bridgehead atoms. The summed E-state index contributed by atoms with van der Waals surface area (Å²) in [6.07, 6.45) is 3.70. The normalized spacial score (nSPS) is 13.3. The maximum absolute atomic E-state index is 11.6. The highest BCUT2D eigenvalue weighted by Crippen LogP contribution is 2.05. The van der Waals surface area contributed by atoms with E-state index in [4.69, 9.17) is 5.26 Å². The van der Waals surface area contributed by atoms with Crippen molar-refractivity contribution < 1.29 is 8.42 Å². The summed E-state index contributed by atoms with van der Waals surface area (Å²) in [5.41, 5.74) is 0. The van der Waals surface area contributed by atoms with Gasteiger partial charge < -0.3 is 4.98 Å². The van der Waals surface area contributed by atoms with Crippen LogP contribution in [0.5, 0.6) is 0 Å². The Morgan fingerprint density at radius 3 is 2.93 bits per heavy atom. The minimum Gasteiger partial charge on any atom is -0.335 e. The SMILES string of the molecule is CCCC(C#N)NS(=O)(=O)c1cnc[nH]1. The van der Waals surface area contributed by atoms with Crippen molar-refractivity contribution in [3.63, 3.8) is 0 Å². The number of aromatic amines is 1. The van der Waals surface area contributed by atoms with Crippen LogP contribution >= 0.6 is 0 Å². The lowest BCUT2D eigenvalue weighted by atomic mass is 10.2. The molecule has 0 fully saturated rings. The molecule has 1 heterocycles. The molecular weight excluding hydrogens is 216 g/mol. The number of nitrogens with one attached hydrogen (secondary N) is 2. The van der Waals surface area contributed by atoms with Crippen LogP contribution in [0.25, 0.3) is 0 Å². The number of aromatic nitrogens is 2. The summed E-state index contributed by atoms with van der Waals surface area (Å²) in [5.74, 6) is 0. The predicted molar refractivity (Wildman–Crippen MR) is 53.2 cm³/mol. The van der Waals surface area contributed by atoms with E-state index >= 15 is 0 Å². The van der Waals surface area contributed by atoms with E-state index in [1.54, 1.807) is 0 Å². The van der Waals surface area contributed by atoms with Crippen LogP contribution in [0.1, 0.15) is 19.8 Å². The van der Waals surface area contributed by atoms with Crippen LogP contribution in [0.15, 0.2) is 17.6 Å². The van der Waals surface area contributed by atoms with E-state index in [2.05, 4.69) is 14.7 Å². The maximum Gasteiger partial charge on any atom is 0.258 e. The van der Waals surface area contributed by atoms with E-state index in [0.717, 1.165) is 6.42 Å². The fourth-order valence-corrected chi connectivity index (χ4v) is 2.16. The summed E-state index contributed by atoms with van der Waals surface area (Å²) in [7, 11) is -3.64. The van der Waals surface area contributed by atoms with Crippen molar-refractivity contribution in [2.75, 3.05) is 0 Å². The number of H-pyrrole nitrogens is 1. The molecule has 0 saturated carbocycles. The second-order valence-electron chi connectivity index (χ2n) is 3.01. The largest absolute Gasteiger partial charge is 0.335 e. The molecule has 7 heteroatoms. The molecule has 1 unspecified atom stereocenters. The Kier molecular flexibility index (Phi) is 3.82. The molecule has 1 aromatic rings. The summed E-state index contributed by atoms with van der Waals surface area (Å²) in [6.45, 7) is 1.88. The average molecular weight is 228 g/mol. The number of nitriles is 1. The molecule has 0 saturated heterocycles. The summed E-state index contributed by atoms with van der Waals surface area (Å²) in [6, 6.07) is 1.21. The van der Waals surface area contributed by atoms with Crippen molar-refractivity contribution >= 4 is 10.0 Å². The van der Waals surface area contributed by atoms with E-state index in [1.165, 1.54) is 12.5 Å². The van der Waals surface area contributed by atoms with Crippen LogP contribution < -0.4 is 4.72 Å². The molecule has 1 rings (SSSR count). The minimum atomic E-state index is -3.64. The lowest BCUT2D eigenvalue weighted by Crippen LogP contribution is -2.33. The topological polar surface area (TPSA) is 98.6 Å². The van der Waals surface area contributed by atoms with Crippen LogP contribution in [0, 0.1) is 11.3 Å². The number of nitrogens with zero attached hydrogens (tertiary/aromatic N) is 2.